The molecule has 3 rings (SSSR count). The number of hydrogen-bond donors (Lipinski definition) is 1. The molecule has 0 bridgehead atoms. The van der Waals surface area contributed by atoms with Crippen molar-refractivity contribution < 1.29 is 23.6 Å². The highest BCUT2D eigenvalue weighted by Crippen LogP contribution is 2.28. The number of amides is 1. The molecule has 0 spiro atoms. The lowest BCUT2D eigenvalue weighted by atomic mass is 10.1. The molecule has 7 nitrogen and oxygen atoms in total. The maximum Gasteiger partial charge on any atom is 0.342 e. The molecule has 31 heavy (non-hydrogen) atoms. The van der Waals surface area contributed by atoms with Crippen molar-refractivity contribution in [3.05, 3.63) is 59.0 Å². The Balaban J connectivity index is 1.75. The van der Waals surface area contributed by atoms with E-state index >= 15 is 0 Å². The molecule has 3 aromatic rings. The molecule has 0 atom stereocenters. The molecule has 1 N–H and O–H groups in total. The quantitative estimate of drug-likeness (QED) is 0.514. The molecule has 0 aliphatic heterocycles. The minimum atomic E-state index is -0.612. The minimum absolute atomic E-state index is 0.204. The standard InChI is InChI=1S/C24H28N2O5/c1-15(2)9-10-25-23(27)14-30-24(28)20-11-18-7-5-6-8-19(18)12-22(20)29-13-21-16(3)26-31-17(21)4/h5-8,11-12,15H,9-10,13-14H2,1-4H3,(H,25,27). The lowest BCUT2D eigenvalue weighted by Gasteiger charge is -2.13. The number of benzene rings is 2. The first-order chi connectivity index (χ1) is 14.8. The van der Waals surface area contributed by atoms with Crippen molar-refractivity contribution in [2.45, 2.75) is 40.7 Å². The van der Waals surface area contributed by atoms with Crippen LogP contribution < -0.4 is 10.1 Å². The molecule has 0 radical (unpaired) electrons. The van der Waals surface area contributed by atoms with Gasteiger partial charge in [-0.2, -0.15) is 0 Å². The second-order valence-electron chi connectivity index (χ2n) is 7.90. The van der Waals surface area contributed by atoms with Gasteiger partial charge < -0.3 is 19.3 Å². The van der Waals surface area contributed by atoms with Gasteiger partial charge in [0.05, 0.1) is 11.3 Å². The Morgan fingerprint density at radius 1 is 1.13 bits per heavy atom. The highest BCUT2D eigenvalue weighted by Gasteiger charge is 2.18. The number of carbonyl (C=O) groups excluding carboxylic acids is 2. The summed E-state index contributed by atoms with van der Waals surface area (Å²) in [5.41, 5.74) is 1.83. The predicted molar refractivity (Wildman–Crippen MR) is 117 cm³/mol. The molecule has 2 aromatic carbocycles. The molecule has 0 aliphatic carbocycles. The summed E-state index contributed by atoms with van der Waals surface area (Å²) < 4.78 is 16.4. The van der Waals surface area contributed by atoms with Crippen molar-refractivity contribution >= 4 is 22.6 Å². The maximum atomic E-state index is 12.8. The van der Waals surface area contributed by atoms with E-state index in [1.54, 1.807) is 12.1 Å². The fourth-order valence-electron chi connectivity index (χ4n) is 3.12. The Kier molecular flexibility index (Phi) is 7.28. The van der Waals surface area contributed by atoms with Gasteiger partial charge in [-0.05, 0) is 49.1 Å². The fourth-order valence-corrected chi connectivity index (χ4v) is 3.12. The van der Waals surface area contributed by atoms with Gasteiger partial charge in [0.15, 0.2) is 6.61 Å². The van der Waals surface area contributed by atoms with Crippen molar-refractivity contribution in [2.24, 2.45) is 5.92 Å². The molecule has 0 saturated carbocycles. The first-order valence-electron chi connectivity index (χ1n) is 10.4. The summed E-state index contributed by atoms with van der Waals surface area (Å²) in [7, 11) is 0. The van der Waals surface area contributed by atoms with Gasteiger partial charge in [0.25, 0.3) is 5.91 Å². The highest BCUT2D eigenvalue weighted by molar-refractivity contribution is 5.99. The number of nitrogens with zero attached hydrogens (tertiary/aromatic N) is 1. The van der Waals surface area contributed by atoms with Crippen LogP contribution in [0.25, 0.3) is 10.8 Å². The zero-order valence-electron chi connectivity index (χ0n) is 18.4. The molecule has 0 aliphatic rings. The van der Waals surface area contributed by atoms with Crippen LogP contribution >= 0.6 is 0 Å². The second kappa shape index (κ2) is 10.1. The van der Waals surface area contributed by atoms with Gasteiger partial charge >= 0.3 is 5.97 Å². The number of fused-ring (bicyclic) bond motifs is 1. The average molecular weight is 424 g/mol. The Morgan fingerprint density at radius 3 is 2.48 bits per heavy atom. The molecule has 0 fully saturated rings. The Hall–Kier alpha value is -3.35. The van der Waals surface area contributed by atoms with E-state index in [9.17, 15) is 9.59 Å². The molecular weight excluding hydrogens is 396 g/mol. The van der Waals surface area contributed by atoms with Crippen molar-refractivity contribution in [3.63, 3.8) is 0 Å². The summed E-state index contributed by atoms with van der Waals surface area (Å²) in [6.45, 7) is 8.22. The third kappa shape index (κ3) is 5.84. The highest BCUT2D eigenvalue weighted by atomic mass is 16.5. The van der Waals surface area contributed by atoms with Crippen LogP contribution in [0, 0.1) is 19.8 Å². The van der Waals surface area contributed by atoms with Crippen LogP contribution in [0.1, 0.15) is 47.6 Å². The summed E-state index contributed by atoms with van der Waals surface area (Å²) in [5, 5.41) is 8.49. The Labute approximate surface area is 181 Å². The number of rotatable bonds is 9. The second-order valence-corrected chi connectivity index (χ2v) is 7.90. The number of hydrogen-bond acceptors (Lipinski definition) is 6. The van der Waals surface area contributed by atoms with E-state index in [4.69, 9.17) is 14.0 Å². The normalized spacial score (nSPS) is 11.0. The monoisotopic (exact) mass is 424 g/mol. The SMILES string of the molecule is Cc1noc(C)c1COc1cc2ccccc2cc1C(=O)OCC(=O)NCCC(C)C. The first kappa shape index (κ1) is 22.3. The number of esters is 1. The number of ether oxygens (including phenoxy) is 2. The molecule has 0 unspecified atom stereocenters. The Bertz CT molecular complexity index is 1050. The minimum Gasteiger partial charge on any atom is -0.488 e. The summed E-state index contributed by atoms with van der Waals surface area (Å²) in [6, 6.07) is 11.2. The Morgan fingerprint density at radius 2 is 1.84 bits per heavy atom. The zero-order valence-corrected chi connectivity index (χ0v) is 18.4. The van der Waals surface area contributed by atoms with E-state index in [1.807, 2.05) is 38.1 Å². The largest absolute Gasteiger partial charge is 0.488 e. The van der Waals surface area contributed by atoms with Gasteiger partial charge in [-0.3, -0.25) is 4.79 Å². The van der Waals surface area contributed by atoms with Crippen LogP contribution in [0.5, 0.6) is 5.75 Å². The lowest BCUT2D eigenvalue weighted by molar-refractivity contribution is -0.124. The number of carbonyl (C=O) groups is 2. The molecule has 1 aromatic heterocycles. The molecule has 0 saturated heterocycles. The van der Waals surface area contributed by atoms with Gasteiger partial charge in [0, 0.05) is 6.54 Å². The number of nitrogens with one attached hydrogen (secondary N) is 1. The molecular formula is C24H28N2O5. The van der Waals surface area contributed by atoms with E-state index in [2.05, 4.69) is 24.3 Å². The third-order valence-electron chi connectivity index (χ3n) is 5.00. The topological polar surface area (TPSA) is 90.7 Å². The van der Waals surface area contributed by atoms with Crippen LogP contribution in [-0.4, -0.2) is 30.2 Å². The van der Waals surface area contributed by atoms with Crippen LogP contribution in [-0.2, 0) is 16.1 Å². The lowest BCUT2D eigenvalue weighted by Crippen LogP contribution is -2.30. The maximum absolute atomic E-state index is 12.8. The van der Waals surface area contributed by atoms with Crippen LogP contribution in [0.3, 0.4) is 0 Å². The summed E-state index contributed by atoms with van der Waals surface area (Å²) in [6.07, 6.45) is 0.865. The number of aromatic nitrogens is 1. The zero-order chi connectivity index (χ0) is 22.4. The van der Waals surface area contributed by atoms with Gasteiger partial charge in [-0.25, -0.2) is 4.79 Å². The van der Waals surface area contributed by atoms with Crippen LogP contribution in [0.2, 0.25) is 0 Å². The van der Waals surface area contributed by atoms with E-state index < -0.39 is 5.97 Å². The van der Waals surface area contributed by atoms with Crippen LogP contribution in [0.15, 0.2) is 40.9 Å². The van der Waals surface area contributed by atoms with Crippen molar-refractivity contribution in [3.8, 4) is 5.75 Å². The van der Waals surface area contributed by atoms with E-state index in [0.717, 1.165) is 28.5 Å². The molecule has 164 valence electrons. The van der Waals surface area contributed by atoms with Crippen molar-refractivity contribution in [1.82, 2.24) is 10.5 Å². The van der Waals surface area contributed by atoms with E-state index in [0.29, 0.717) is 24.0 Å². The van der Waals surface area contributed by atoms with Crippen molar-refractivity contribution in [2.75, 3.05) is 13.2 Å². The summed E-state index contributed by atoms with van der Waals surface area (Å²) in [4.78, 5) is 24.8. The fraction of sp³-hybridized carbons (Fsp3) is 0.375. The van der Waals surface area contributed by atoms with E-state index in [-0.39, 0.29) is 24.7 Å². The smallest absolute Gasteiger partial charge is 0.342 e. The van der Waals surface area contributed by atoms with Gasteiger partial charge in [-0.15, -0.1) is 0 Å². The average Bonchev–Trinajstić information content (AvgIpc) is 3.06. The molecule has 1 amide bonds. The van der Waals surface area contributed by atoms with Gasteiger partial charge in [0.2, 0.25) is 0 Å². The molecule has 7 heteroatoms. The molecule has 1 heterocycles. The number of aryl methyl sites for hydroxylation is 2. The first-order valence-corrected chi connectivity index (χ1v) is 10.4. The summed E-state index contributed by atoms with van der Waals surface area (Å²) >= 11 is 0. The van der Waals surface area contributed by atoms with Gasteiger partial charge in [-0.1, -0.05) is 43.3 Å². The van der Waals surface area contributed by atoms with Crippen molar-refractivity contribution in [1.29, 1.82) is 0 Å². The third-order valence-corrected chi connectivity index (χ3v) is 5.00. The van der Waals surface area contributed by atoms with E-state index in [1.165, 1.54) is 0 Å². The predicted octanol–water partition coefficient (Wildman–Crippen LogP) is 4.34. The summed E-state index contributed by atoms with van der Waals surface area (Å²) in [5.74, 6) is 0.591. The van der Waals surface area contributed by atoms with Crippen LogP contribution in [0.4, 0.5) is 0 Å². The van der Waals surface area contributed by atoms with Gasteiger partial charge in [0.1, 0.15) is 23.7 Å².